The number of hydrogen-bond donors (Lipinski definition) is 4. The summed E-state index contributed by atoms with van der Waals surface area (Å²) in [6.45, 7) is 1.06. The number of rotatable bonds is 7. The molecule has 0 aliphatic carbocycles. The number of carbonyl (C=O) groups excluding carboxylic acids is 3. The summed E-state index contributed by atoms with van der Waals surface area (Å²) in [4.78, 5) is 38.5. The van der Waals surface area contributed by atoms with Crippen LogP contribution in [0.4, 0.5) is 4.39 Å². The molecule has 0 unspecified atom stereocenters. The van der Waals surface area contributed by atoms with E-state index in [1.807, 2.05) is 0 Å². The SMILES string of the molecule is COc1cc(C(=O)N[C@@H]2CNCCC[C@H]2OC(=O)c2ccc(C(=O)c3c(O)cccc3F)cc2)ccc1O. The summed E-state index contributed by atoms with van der Waals surface area (Å²) in [6.07, 6.45) is 0.597. The van der Waals surface area contributed by atoms with Crippen LogP contribution in [0.25, 0.3) is 0 Å². The summed E-state index contributed by atoms with van der Waals surface area (Å²) in [5.41, 5.74) is 0.0914. The Morgan fingerprint density at radius 3 is 2.39 bits per heavy atom. The first-order valence-electron chi connectivity index (χ1n) is 12.0. The summed E-state index contributed by atoms with van der Waals surface area (Å²) in [5.74, 6) is -3.03. The summed E-state index contributed by atoms with van der Waals surface area (Å²) in [6, 6.07) is 12.8. The third kappa shape index (κ3) is 5.92. The van der Waals surface area contributed by atoms with Crippen molar-refractivity contribution in [2.24, 2.45) is 0 Å². The molecule has 0 saturated carbocycles. The van der Waals surface area contributed by atoms with Crippen LogP contribution in [0, 0.1) is 5.82 Å². The Hall–Kier alpha value is -4.44. The largest absolute Gasteiger partial charge is 0.507 e. The summed E-state index contributed by atoms with van der Waals surface area (Å²) in [5, 5.41) is 25.8. The smallest absolute Gasteiger partial charge is 0.338 e. The molecule has 1 aliphatic heterocycles. The van der Waals surface area contributed by atoms with E-state index >= 15 is 0 Å². The Morgan fingerprint density at radius 1 is 0.974 bits per heavy atom. The zero-order valence-corrected chi connectivity index (χ0v) is 20.6. The van der Waals surface area contributed by atoms with Gasteiger partial charge in [-0.25, -0.2) is 9.18 Å². The highest BCUT2D eigenvalue weighted by molar-refractivity contribution is 6.11. The number of halogens is 1. The van der Waals surface area contributed by atoms with Crippen molar-refractivity contribution in [3.05, 3.63) is 88.7 Å². The normalized spacial score (nSPS) is 17.2. The summed E-state index contributed by atoms with van der Waals surface area (Å²) >= 11 is 0. The van der Waals surface area contributed by atoms with Crippen molar-refractivity contribution in [1.29, 1.82) is 0 Å². The van der Waals surface area contributed by atoms with E-state index in [1.165, 1.54) is 61.7 Å². The highest BCUT2D eigenvalue weighted by atomic mass is 19.1. The van der Waals surface area contributed by atoms with E-state index in [4.69, 9.17) is 9.47 Å². The molecule has 3 aromatic carbocycles. The van der Waals surface area contributed by atoms with Crippen LogP contribution in [0.3, 0.4) is 0 Å². The van der Waals surface area contributed by atoms with Crippen LogP contribution in [0.1, 0.15) is 49.5 Å². The van der Waals surface area contributed by atoms with Crippen LogP contribution in [-0.4, -0.2) is 60.2 Å². The lowest BCUT2D eigenvalue weighted by Gasteiger charge is -2.26. The number of carbonyl (C=O) groups is 3. The molecule has 1 heterocycles. The van der Waals surface area contributed by atoms with Gasteiger partial charge in [0.15, 0.2) is 17.3 Å². The predicted molar refractivity (Wildman–Crippen MR) is 135 cm³/mol. The number of hydrogen-bond acceptors (Lipinski definition) is 8. The average molecular weight is 523 g/mol. The summed E-state index contributed by atoms with van der Waals surface area (Å²) < 4.78 is 24.9. The number of ether oxygens (including phenoxy) is 2. The fourth-order valence-corrected chi connectivity index (χ4v) is 4.22. The maximum atomic E-state index is 14.1. The van der Waals surface area contributed by atoms with Gasteiger partial charge < -0.3 is 30.3 Å². The van der Waals surface area contributed by atoms with Gasteiger partial charge >= 0.3 is 5.97 Å². The molecule has 0 radical (unpaired) electrons. The van der Waals surface area contributed by atoms with E-state index in [1.54, 1.807) is 0 Å². The maximum Gasteiger partial charge on any atom is 0.338 e. The van der Waals surface area contributed by atoms with Crippen molar-refractivity contribution in [1.82, 2.24) is 10.6 Å². The van der Waals surface area contributed by atoms with Gasteiger partial charge in [0.1, 0.15) is 17.7 Å². The van der Waals surface area contributed by atoms with Crippen molar-refractivity contribution in [3.63, 3.8) is 0 Å². The first-order chi connectivity index (χ1) is 18.3. The van der Waals surface area contributed by atoms with Gasteiger partial charge in [0.25, 0.3) is 5.91 Å². The van der Waals surface area contributed by atoms with Crippen molar-refractivity contribution in [3.8, 4) is 17.2 Å². The Labute approximate surface area is 218 Å². The molecule has 4 rings (SSSR count). The topological polar surface area (TPSA) is 134 Å². The van der Waals surface area contributed by atoms with E-state index in [0.717, 1.165) is 12.5 Å². The van der Waals surface area contributed by atoms with Crippen molar-refractivity contribution >= 4 is 17.7 Å². The molecule has 1 aliphatic rings. The average Bonchev–Trinajstić information content (AvgIpc) is 3.13. The molecular weight excluding hydrogens is 495 g/mol. The second-order valence-electron chi connectivity index (χ2n) is 8.80. The summed E-state index contributed by atoms with van der Waals surface area (Å²) in [7, 11) is 1.38. The molecule has 1 saturated heterocycles. The molecule has 38 heavy (non-hydrogen) atoms. The van der Waals surface area contributed by atoms with Crippen molar-refractivity contribution in [2.45, 2.75) is 25.0 Å². The van der Waals surface area contributed by atoms with Crippen LogP contribution in [0.15, 0.2) is 60.7 Å². The molecule has 0 spiro atoms. The molecule has 0 bridgehead atoms. The van der Waals surface area contributed by atoms with E-state index in [9.17, 15) is 29.0 Å². The fraction of sp³-hybridized carbons (Fsp3) is 0.250. The van der Waals surface area contributed by atoms with Gasteiger partial charge in [-0.05, 0) is 61.9 Å². The number of nitrogens with one attached hydrogen (secondary N) is 2. The second-order valence-corrected chi connectivity index (χ2v) is 8.80. The molecule has 4 N–H and O–H groups in total. The van der Waals surface area contributed by atoms with Crippen LogP contribution >= 0.6 is 0 Å². The number of methoxy groups -OCH3 is 1. The number of benzene rings is 3. The van der Waals surface area contributed by atoms with Gasteiger partial charge in [0, 0.05) is 17.7 Å². The molecule has 3 aromatic rings. The minimum atomic E-state index is -0.848. The lowest BCUT2D eigenvalue weighted by molar-refractivity contribution is 0.0192. The fourth-order valence-electron chi connectivity index (χ4n) is 4.22. The minimum absolute atomic E-state index is 0.0922. The predicted octanol–water partition coefficient (Wildman–Crippen LogP) is 3.18. The van der Waals surface area contributed by atoms with Crippen LogP contribution in [0.2, 0.25) is 0 Å². The molecule has 9 nitrogen and oxygen atoms in total. The highest BCUT2D eigenvalue weighted by Gasteiger charge is 2.29. The van der Waals surface area contributed by atoms with E-state index in [-0.39, 0.29) is 28.2 Å². The monoisotopic (exact) mass is 522 g/mol. The van der Waals surface area contributed by atoms with Crippen LogP contribution in [-0.2, 0) is 4.74 Å². The van der Waals surface area contributed by atoms with E-state index < -0.39 is 46.9 Å². The number of amides is 1. The maximum absolute atomic E-state index is 14.1. The first-order valence-corrected chi connectivity index (χ1v) is 12.0. The molecule has 10 heteroatoms. The number of aromatic hydroxyl groups is 2. The van der Waals surface area contributed by atoms with E-state index in [0.29, 0.717) is 19.5 Å². The third-order valence-corrected chi connectivity index (χ3v) is 6.27. The van der Waals surface area contributed by atoms with Gasteiger partial charge in [-0.1, -0.05) is 18.2 Å². The van der Waals surface area contributed by atoms with E-state index in [2.05, 4.69) is 10.6 Å². The van der Waals surface area contributed by atoms with Gasteiger partial charge in [0.2, 0.25) is 0 Å². The van der Waals surface area contributed by atoms with Gasteiger partial charge in [-0.15, -0.1) is 0 Å². The number of esters is 1. The zero-order valence-electron chi connectivity index (χ0n) is 20.6. The third-order valence-electron chi connectivity index (χ3n) is 6.27. The van der Waals surface area contributed by atoms with Crippen molar-refractivity contribution < 1.29 is 38.5 Å². The Balaban J connectivity index is 1.46. The van der Waals surface area contributed by atoms with Gasteiger partial charge in [-0.3, -0.25) is 9.59 Å². The second kappa shape index (κ2) is 11.7. The van der Waals surface area contributed by atoms with Gasteiger partial charge in [-0.2, -0.15) is 0 Å². The minimum Gasteiger partial charge on any atom is -0.507 e. The molecular formula is C28H27FN2O7. The van der Waals surface area contributed by atoms with Crippen molar-refractivity contribution in [2.75, 3.05) is 20.2 Å². The van der Waals surface area contributed by atoms with Crippen LogP contribution < -0.4 is 15.4 Å². The zero-order chi connectivity index (χ0) is 27.2. The molecule has 1 amide bonds. The molecule has 1 fully saturated rings. The van der Waals surface area contributed by atoms with Crippen LogP contribution in [0.5, 0.6) is 17.2 Å². The highest BCUT2D eigenvalue weighted by Crippen LogP contribution is 2.27. The first kappa shape index (κ1) is 26.6. The standard InChI is InChI=1S/C28H27FN2O7/c1-37-24-14-18(11-12-21(24)32)27(35)31-20-15-30-13-3-6-23(20)38-28(36)17-9-7-16(8-10-17)26(34)25-19(29)4-2-5-22(25)33/h2,4-5,7-12,14,20,23,30,32-33H,3,6,13,15H2,1H3,(H,31,35)/t20-,23-/m1/s1. The lowest BCUT2D eigenvalue weighted by Crippen LogP contribution is -2.49. The quantitative estimate of drug-likeness (QED) is 0.275. The number of ketones is 1. The Morgan fingerprint density at radius 2 is 1.68 bits per heavy atom. The molecule has 0 aromatic heterocycles. The Kier molecular flexibility index (Phi) is 8.22. The lowest BCUT2D eigenvalue weighted by atomic mass is 10.0. The Bertz CT molecular complexity index is 1320. The number of phenols is 2. The van der Waals surface area contributed by atoms with Gasteiger partial charge in [0.05, 0.1) is 24.3 Å². The molecule has 2 atom stereocenters. The molecule has 198 valence electrons. The number of phenolic OH excluding ortho intramolecular Hbond substituents is 2.